The molecule has 0 radical (unpaired) electrons. The number of carbonyl (C=O) groups is 2. The van der Waals surface area contributed by atoms with Gasteiger partial charge in [0.1, 0.15) is 0 Å². The van der Waals surface area contributed by atoms with E-state index in [-0.39, 0.29) is 18.9 Å². The minimum atomic E-state index is -0.899. The van der Waals surface area contributed by atoms with Gasteiger partial charge >= 0.3 is 5.97 Å². The van der Waals surface area contributed by atoms with E-state index in [4.69, 9.17) is 5.11 Å². The normalized spacial score (nSPS) is 19.9. The van der Waals surface area contributed by atoms with Gasteiger partial charge in [-0.25, -0.2) is 0 Å². The Labute approximate surface area is 134 Å². The highest BCUT2D eigenvalue weighted by Gasteiger charge is 2.19. The van der Waals surface area contributed by atoms with E-state index < -0.39 is 5.97 Å². The van der Waals surface area contributed by atoms with Crippen molar-refractivity contribution in [3.63, 3.8) is 0 Å². The molecule has 0 spiro atoms. The van der Waals surface area contributed by atoms with Gasteiger partial charge in [-0.15, -0.1) is 0 Å². The molecule has 1 amide bonds. The van der Waals surface area contributed by atoms with Crippen LogP contribution in [0.25, 0.3) is 0 Å². The minimum absolute atomic E-state index is 0.0143. The van der Waals surface area contributed by atoms with E-state index in [1.807, 2.05) is 0 Å². The fourth-order valence-corrected chi connectivity index (χ4v) is 3.22. The molecule has 0 aromatic carbocycles. The standard InChI is InChI=1S/C12H23N.C5H9NO3/c1-3-7-11(8-4-1)13-12-9-5-2-6-10-12;1-4(7)6-3-2-5(8)9/h11-13H,1-10H2;2-3H2,1H3,(H,6,7)(H,8,9). The minimum Gasteiger partial charge on any atom is -0.481 e. The van der Waals surface area contributed by atoms with Gasteiger partial charge in [0.2, 0.25) is 5.91 Å². The maximum Gasteiger partial charge on any atom is 0.305 e. The number of aliphatic carboxylic acids is 1. The van der Waals surface area contributed by atoms with E-state index in [0.29, 0.717) is 0 Å². The Bertz CT molecular complexity index is 292. The van der Waals surface area contributed by atoms with Crippen molar-refractivity contribution in [1.82, 2.24) is 10.6 Å². The van der Waals surface area contributed by atoms with Gasteiger partial charge in [-0.05, 0) is 25.7 Å². The Morgan fingerprint density at radius 3 is 1.73 bits per heavy atom. The molecule has 0 unspecified atom stereocenters. The molecule has 5 heteroatoms. The van der Waals surface area contributed by atoms with Crippen molar-refractivity contribution in [2.24, 2.45) is 0 Å². The van der Waals surface area contributed by atoms with Crippen molar-refractivity contribution in [3.8, 4) is 0 Å². The summed E-state index contributed by atoms with van der Waals surface area (Å²) in [7, 11) is 0. The summed E-state index contributed by atoms with van der Waals surface area (Å²) in [6.45, 7) is 1.56. The first-order valence-electron chi connectivity index (χ1n) is 8.80. The number of rotatable bonds is 5. The number of carbonyl (C=O) groups excluding carboxylic acids is 1. The Morgan fingerprint density at radius 2 is 1.36 bits per heavy atom. The number of amides is 1. The molecule has 5 nitrogen and oxygen atoms in total. The summed E-state index contributed by atoms with van der Waals surface area (Å²) in [6, 6.07) is 1.74. The van der Waals surface area contributed by atoms with Gasteiger partial charge in [0.05, 0.1) is 6.42 Å². The number of hydrogen-bond acceptors (Lipinski definition) is 3. The molecular weight excluding hydrogens is 280 g/mol. The number of nitrogens with one attached hydrogen (secondary N) is 2. The van der Waals surface area contributed by atoms with E-state index in [1.54, 1.807) is 0 Å². The Kier molecular flexibility index (Phi) is 9.87. The third-order valence-electron chi connectivity index (χ3n) is 4.39. The molecule has 2 fully saturated rings. The maximum absolute atomic E-state index is 10.1. The fourth-order valence-electron chi connectivity index (χ4n) is 3.22. The second-order valence-electron chi connectivity index (χ2n) is 6.46. The molecule has 0 atom stereocenters. The topological polar surface area (TPSA) is 78.4 Å². The number of carboxylic acid groups (broad SMARTS) is 1. The van der Waals surface area contributed by atoms with Gasteiger partial charge in [-0.1, -0.05) is 38.5 Å². The van der Waals surface area contributed by atoms with Crippen molar-refractivity contribution in [3.05, 3.63) is 0 Å². The van der Waals surface area contributed by atoms with Crippen LogP contribution >= 0.6 is 0 Å². The second kappa shape index (κ2) is 11.5. The molecule has 0 bridgehead atoms. The lowest BCUT2D eigenvalue weighted by Gasteiger charge is -2.30. The lowest BCUT2D eigenvalue weighted by Crippen LogP contribution is -2.40. The van der Waals surface area contributed by atoms with Gasteiger partial charge in [0, 0.05) is 25.6 Å². The molecule has 0 aromatic heterocycles. The summed E-state index contributed by atoms with van der Waals surface area (Å²) in [5, 5.41) is 14.3. The van der Waals surface area contributed by atoms with Crippen LogP contribution in [0, 0.1) is 0 Å². The van der Waals surface area contributed by atoms with E-state index in [0.717, 1.165) is 12.1 Å². The van der Waals surface area contributed by atoms with Crippen LogP contribution in [-0.4, -0.2) is 35.6 Å². The molecule has 0 aliphatic heterocycles. The quantitative estimate of drug-likeness (QED) is 0.729. The van der Waals surface area contributed by atoms with Gasteiger partial charge in [-0.2, -0.15) is 0 Å². The van der Waals surface area contributed by atoms with E-state index in [2.05, 4.69) is 10.6 Å². The van der Waals surface area contributed by atoms with Crippen molar-refractivity contribution in [1.29, 1.82) is 0 Å². The first-order chi connectivity index (χ1) is 10.6. The average Bonchev–Trinajstić information content (AvgIpc) is 2.49. The Hall–Kier alpha value is -1.10. The molecule has 2 saturated carbocycles. The molecule has 0 saturated heterocycles. The zero-order chi connectivity index (χ0) is 16.2. The van der Waals surface area contributed by atoms with Crippen LogP contribution in [0.2, 0.25) is 0 Å². The van der Waals surface area contributed by atoms with E-state index in [9.17, 15) is 9.59 Å². The highest BCUT2D eigenvalue weighted by atomic mass is 16.4. The second-order valence-corrected chi connectivity index (χ2v) is 6.46. The van der Waals surface area contributed by atoms with Crippen molar-refractivity contribution < 1.29 is 14.7 Å². The zero-order valence-electron chi connectivity index (χ0n) is 13.9. The summed E-state index contributed by atoms with van der Waals surface area (Å²) in [5.41, 5.74) is 0. The molecule has 22 heavy (non-hydrogen) atoms. The molecular formula is C17H32N2O3. The lowest BCUT2D eigenvalue weighted by molar-refractivity contribution is -0.136. The van der Waals surface area contributed by atoms with Crippen molar-refractivity contribution in [2.45, 2.75) is 89.6 Å². The van der Waals surface area contributed by atoms with E-state index >= 15 is 0 Å². The molecule has 0 aromatic rings. The van der Waals surface area contributed by atoms with E-state index in [1.165, 1.54) is 71.1 Å². The summed E-state index contributed by atoms with van der Waals surface area (Å²) in [4.78, 5) is 20.0. The number of hydrogen-bond donors (Lipinski definition) is 3. The van der Waals surface area contributed by atoms with Gasteiger partial charge < -0.3 is 15.7 Å². The largest absolute Gasteiger partial charge is 0.481 e. The SMILES string of the molecule is C1CCC(NC2CCCCC2)CC1.CC(=O)NCCC(=O)O. The van der Waals surface area contributed by atoms with Crippen molar-refractivity contribution in [2.75, 3.05) is 6.54 Å². The van der Waals surface area contributed by atoms with Crippen LogP contribution in [0.4, 0.5) is 0 Å². The maximum atomic E-state index is 10.1. The first-order valence-corrected chi connectivity index (χ1v) is 8.80. The number of carboxylic acids is 1. The average molecular weight is 312 g/mol. The molecule has 2 aliphatic carbocycles. The van der Waals surface area contributed by atoms with Crippen LogP contribution in [0.3, 0.4) is 0 Å². The van der Waals surface area contributed by atoms with Gasteiger partial charge in [0.15, 0.2) is 0 Å². The Morgan fingerprint density at radius 1 is 0.909 bits per heavy atom. The fraction of sp³-hybridized carbons (Fsp3) is 0.882. The van der Waals surface area contributed by atoms with Gasteiger partial charge in [0.25, 0.3) is 0 Å². The molecule has 2 rings (SSSR count). The van der Waals surface area contributed by atoms with Crippen LogP contribution in [0.15, 0.2) is 0 Å². The smallest absolute Gasteiger partial charge is 0.305 e. The predicted molar refractivity (Wildman–Crippen MR) is 87.8 cm³/mol. The van der Waals surface area contributed by atoms with Crippen LogP contribution in [0.5, 0.6) is 0 Å². The zero-order valence-corrected chi connectivity index (χ0v) is 13.9. The monoisotopic (exact) mass is 312 g/mol. The molecule has 0 heterocycles. The predicted octanol–water partition coefficient (Wildman–Crippen LogP) is 2.84. The van der Waals surface area contributed by atoms with Crippen LogP contribution < -0.4 is 10.6 Å². The van der Waals surface area contributed by atoms with Crippen molar-refractivity contribution >= 4 is 11.9 Å². The third-order valence-corrected chi connectivity index (χ3v) is 4.39. The summed E-state index contributed by atoms with van der Waals surface area (Å²) in [5.74, 6) is -1.10. The summed E-state index contributed by atoms with van der Waals surface area (Å²) < 4.78 is 0. The van der Waals surface area contributed by atoms with Gasteiger partial charge in [-0.3, -0.25) is 9.59 Å². The highest BCUT2D eigenvalue weighted by Crippen LogP contribution is 2.22. The first kappa shape index (κ1) is 18.9. The molecule has 3 N–H and O–H groups in total. The lowest BCUT2D eigenvalue weighted by atomic mass is 9.91. The summed E-state index contributed by atoms with van der Waals surface area (Å²) >= 11 is 0. The summed E-state index contributed by atoms with van der Waals surface area (Å²) in [6.07, 6.45) is 14.6. The Balaban J connectivity index is 0.000000239. The molecule has 2 aliphatic rings. The molecule has 128 valence electrons. The third kappa shape index (κ3) is 9.77. The van der Waals surface area contributed by atoms with Crippen LogP contribution in [-0.2, 0) is 9.59 Å². The highest BCUT2D eigenvalue weighted by molar-refractivity contribution is 5.74. The van der Waals surface area contributed by atoms with Crippen LogP contribution in [0.1, 0.15) is 77.6 Å².